The van der Waals surface area contributed by atoms with Crippen molar-refractivity contribution in [2.24, 2.45) is 0 Å². The van der Waals surface area contributed by atoms with Crippen LogP contribution in [0.1, 0.15) is 0 Å². The van der Waals surface area contributed by atoms with E-state index in [1.807, 2.05) is 12.3 Å². The van der Waals surface area contributed by atoms with Gasteiger partial charge >= 0.3 is 0 Å². The zero-order valence-electron chi connectivity index (χ0n) is 8.64. The Labute approximate surface area is 98.6 Å². The average Bonchev–Trinajstić information content (AvgIpc) is 2.76. The fraction of sp³-hybridized carbons (Fsp3) is 0.182. The molecule has 0 fully saturated rings. The van der Waals surface area contributed by atoms with Crippen LogP contribution in [-0.4, -0.2) is 16.4 Å². The standard InChI is InChI=1S/C11H12ClN3O/c12-9-2-3-10(13)11(8-9)16-7-6-15-5-1-4-14-15/h1-5,8H,6-7,13H2. The van der Waals surface area contributed by atoms with Gasteiger partial charge in [0.25, 0.3) is 0 Å². The fourth-order valence-electron chi connectivity index (χ4n) is 1.32. The van der Waals surface area contributed by atoms with Crippen LogP contribution in [0.5, 0.6) is 5.75 Å². The molecule has 0 aliphatic heterocycles. The lowest BCUT2D eigenvalue weighted by Gasteiger charge is -2.09. The number of aromatic nitrogens is 2. The molecule has 84 valence electrons. The normalized spacial score (nSPS) is 10.3. The second kappa shape index (κ2) is 4.90. The number of rotatable bonds is 4. The zero-order chi connectivity index (χ0) is 11.4. The lowest BCUT2D eigenvalue weighted by molar-refractivity contribution is 0.293. The van der Waals surface area contributed by atoms with Crippen LogP contribution in [0, 0.1) is 0 Å². The average molecular weight is 238 g/mol. The summed E-state index contributed by atoms with van der Waals surface area (Å²) in [6.45, 7) is 1.19. The van der Waals surface area contributed by atoms with Crippen molar-refractivity contribution in [3.8, 4) is 5.75 Å². The van der Waals surface area contributed by atoms with Gasteiger partial charge in [0.15, 0.2) is 0 Å². The van der Waals surface area contributed by atoms with Gasteiger partial charge in [-0.15, -0.1) is 0 Å². The van der Waals surface area contributed by atoms with Crippen LogP contribution in [-0.2, 0) is 6.54 Å². The van der Waals surface area contributed by atoms with Crippen molar-refractivity contribution < 1.29 is 4.74 Å². The Morgan fingerprint density at radius 3 is 3.06 bits per heavy atom. The van der Waals surface area contributed by atoms with E-state index >= 15 is 0 Å². The monoisotopic (exact) mass is 237 g/mol. The number of ether oxygens (including phenoxy) is 1. The van der Waals surface area contributed by atoms with Gasteiger partial charge in [-0.05, 0) is 18.2 Å². The number of hydrogen-bond donors (Lipinski definition) is 1. The van der Waals surface area contributed by atoms with E-state index in [1.165, 1.54) is 0 Å². The predicted octanol–water partition coefficient (Wildman–Crippen LogP) is 2.20. The molecule has 0 saturated carbocycles. The highest BCUT2D eigenvalue weighted by Crippen LogP contribution is 2.25. The summed E-state index contributed by atoms with van der Waals surface area (Å²) in [5, 5.41) is 4.68. The van der Waals surface area contributed by atoms with Gasteiger partial charge in [0, 0.05) is 23.5 Å². The van der Waals surface area contributed by atoms with Crippen molar-refractivity contribution in [2.75, 3.05) is 12.3 Å². The highest BCUT2D eigenvalue weighted by atomic mass is 35.5. The molecule has 0 atom stereocenters. The Balaban J connectivity index is 1.92. The second-order valence-corrected chi connectivity index (χ2v) is 3.74. The van der Waals surface area contributed by atoms with Gasteiger partial charge < -0.3 is 10.5 Å². The zero-order valence-corrected chi connectivity index (χ0v) is 9.39. The van der Waals surface area contributed by atoms with Gasteiger partial charge in [-0.25, -0.2) is 0 Å². The third kappa shape index (κ3) is 2.67. The number of halogens is 1. The molecular formula is C11H12ClN3O. The SMILES string of the molecule is Nc1ccc(Cl)cc1OCCn1cccn1. The summed E-state index contributed by atoms with van der Waals surface area (Å²) in [5.74, 6) is 0.611. The van der Waals surface area contributed by atoms with Crippen LogP contribution in [0.2, 0.25) is 5.02 Å². The summed E-state index contributed by atoms with van der Waals surface area (Å²) in [6.07, 6.45) is 3.61. The molecule has 0 aliphatic carbocycles. The first-order valence-corrected chi connectivity index (χ1v) is 5.29. The summed E-state index contributed by atoms with van der Waals surface area (Å²) >= 11 is 5.84. The molecule has 0 amide bonds. The molecule has 1 aromatic carbocycles. The number of nitrogens with two attached hydrogens (primary N) is 1. The summed E-state index contributed by atoms with van der Waals surface area (Å²) in [4.78, 5) is 0. The first-order chi connectivity index (χ1) is 7.75. The number of anilines is 1. The fourth-order valence-corrected chi connectivity index (χ4v) is 1.48. The lowest BCUT2D eigenvalue weighted by Crippen LogP contribution is -2.09. The van der Waals surface area contributed by atoms with Crippen LogP contribution in [0.3, 0.4) is 0 Å². The van der Waals surface area contributed by atoms with Crippen LogP contribution in [0.4, 0.5) is 5.69 Å². The van der Waals surface area contributed by atoms with E-state index in [0.717, 1.165) is 0 Å². The van der Waals surface area contributed by atoms with Crippen molar-refractivity contribution in [1.82, 2.24) is 9.78 Å². The summed E-state index contributed by atoms with van der Waals surface area (Å²) in [6, 6.07) is 7.04. The first-order valence-electron chi connectivity index (χ1n) is 4.91. The maximum absolute atomic E-state index is 5.84. The van der Waals surface area contributed by atoms with E-state index < -0.39 is 0 Å². The van der Waals surface area contributed by atoms with Crippen LogP contribution in [0.15, 0.2) is 36.7 Å². The van der Waals surface area contributed by atoms with Gasteiger partial charge in [0.1, 0.15) is 12.4 Å². The van der Waals surface area contributed by atoms with Crippen LogP contribution in [0.25, 0.3) is 0 Å². The minimum absolute atomic E-state index is 0.506. The van der Waals surface area contributed by atoms with Crippen molar-refractivity contribution in [3.63, 3.8) is 0 Å². The Morgan fingerprint density at radius 2 is 2.31 bits per heavy atom. The van der Waals surface area contributed by atoms with E-state index in [4.69, 9.17) is 22.1 Å². The molecule has 2 rings (SSSR count). The third-order valence-corrected chi connectivity index (χ3v) is 2.35. The predicted molar refractivity (Wildman–Crippen MR) is 63.6 cm³/mol. The van der Waals surface area contributed by atoms with E-state index in [2.05, 4.69) is 5.10 Å². The molecule has 2 aromatic rings. The molecule has 0 saturated heterocycles. The molecule has 0 radical (unpaired) electrons. The van der Waals surface area contributed by atoms with Crippen molar-refractivity contribution in [3.05, 3.63) is 41.7 Å². The van der Waals surface area contributed by atoms with Gasteiger partial charge in [0.2, 0.25) is 0 Å². The van der Waals surface area contributed by atoms with Gasteiger partial charge in [-0.3, -0.25) is 4.68 Å². The van der Waals surface area contributed by atoms with Crippen molar-refractivity contribution >= 4 is 17.3 Å². The quantitative estimate of drug-likeness (QED) is 0.830. The topological polar surface area (TPSA) is 53.1 Å². The second-order valence-electron chi connectivity index (χ2n) is 3.30. The molecular weight excluding hydrogens is 226 g/mol. The van der Waals surface area contributed by atoms with E-state index in [1.54, 1.807) is 29.1 Å². The number of benzene rings is 1. The first kappa shape index (κ1) is 10.8. The maximum atomic E-state index is 5.84. The summed E-state index contributed by atoms with van der Waals surface area (Å²) in [5.41, 5.74) is 6.33. The number of nitrogen functional groups attached to an aromatic ring is 1. The van der Waals surface area contributed by atoms with Crippen LogP contribution < -0.4 is 10.5 Å². The van der Waals surface area contributed by atoms with Crippen molar-refractivity contribution in [1.29, 1.82) is 0 Å². The number of hydrogen-bond acceptors (Lipinski definition) is 3. The largest absolute Gasteiger partial charge is 0.489 e. The summed E-state index contributed by atoms with van der Waals surface area (Å²) < 4.78 is 7.31. The molecule has 1 aromatic heterocycles. The van der Waals surface area contributed by atoms with E-state index in [9.17, 15) is 0 Å². The molecule has 4 nitrogen and oxygen atoms in total. The highest BCUT2D eigenvalue weighted by Gasteiger charge is 2.01. The Hall–Kier alpha value is -1.68. The number of nitrogens with zero attached hydrogens (tertiary/aromatic N) is 2. The van der Waals surface area contributed by atoms with E-state index in [-0.39, 0.29) is 0 Å². The Bertz CT molecular complexity index is 456. The van der Waals surface area contributed by atoms with Gasteiger partial charge in [0.05, 0.1) is 12.2 Å². The molecule has 0 aliphatic rings. The van der Waals surface area contributed by atoms with Gasteiger partial charge in [-0.2, -0.15) is 5.10 Å². The molecule has 0 unspecified atom stereocenters. The molecule has 0 spiro atoms. The highest BCUT2D eigenvalue weighted by molar-refractivity contribution is 6.30. The molecule has 0 bridgehead atoms. The molecule has 1 heterocycles. The smallest absolute Gasteiger partial charge is 0.143 e. The molecule has 16 heavy (non-hydrogen) atoms. The summed E-state index contributed by atoms with van der Waals surface area (Å²) in [7, 11) is 0. The van der Waals surface area contributed by atoms with Gasteiger partial charge in [-0.1, -0.05) is 11.6 Å². The third-order valence-electron chi connectivity index (χ3n) is 2.11. The lowest BCUT2D eigenvalue weighted by atomic mass is 10.3. The Kier molecular flexibility index (Phi) is 3.31. The Morgan fingerprint density at radius 1 is 1.44 bits per heavy atom. The van der Waals surface area contributed by atoms with E-state index in [0.29, 0.717) is 29.6 Å². The molecule has 2 N–H and O–H groups in total. The van der Waals surface area contributed by atoms with Crippen molar-refractivity contribution in [2.45, 2.75) is 6.54 Å². The minimum Gasteiger partial charge on any atom is -0.489 e. The molecule has 5 heteroatoms. The minimum atomic E-state index is 0.506. The van der Waals surface area contributed by atoms with Crippen LogP contribution >= 0.6 is 11.6 Å². The maximum Gasteiger partial charge on any atom is 0.143 e.